The van der Waals surface area contributed by atoms with Gasteiger partial charge in [-0.05, 0) is 41.3 Å². The number of methoxy groups -OCH3 is 2. The van der Waals surface area contributed by atoms with Crippen LogP contribution < -0.4 is 29.6 Å². The Labute approximate surface area is 246 Å². The highest BCUT2D eigenvalue weighted by atomic mass is 32.2. The molecule has 1 saturated heterocycles. The SMILES string of the molecule is COc1ccc(C(=O)Nc2cc(C(C)(C)C)cc(NS(C)(=O)=O)c2OC)cc1Oc1ccnc(CN2CCNCC2)n1. The molecule has 42 heavy (non-hydrogen) atoms. The van der Waals surface area contributed by atoms with Gasteiger partial charge in [0.25, 0.3) is 5.91 Å². The third kappa shape index (κ3) is 8.08. The van der Waals surface area contributed by atoms with Crippen molar-refractivity contribution in [3.05, 3.63) is 59.5 Å². The lowest BCUT2D eigenvalue weighted by molar-refractivity contribution is 0.102. The zero-order chi connectivity index (χ0) is 30.5. The van der Waals surface area contributed by atoms with E-state index >= 15 is 0 Å². The van der Waals surface area contributed by atoms with Crippen LogP contribution in [0.25, 0.3) is 0 Å². The van der Waals surface area contributed by atoms with Gasteiger partial charge in [0.2, 0.25) is 15.9 Å². The molecule has 0 aliphatic carbocycles. The van der Waals surface area contributed by atoms with Crippen molar-refractivity contribution in [1.29, 1.82) is 0 Å². The van der Waals surface area contributed by atoms with Gasteiger partial charge in [-0.15, -0.1) is 0 Å². The minimum absolute atomic E-state index is 0.185. The van der Waals surface area contributed by atoms with E-state index in [1.165, 1.54) is 14.2 Å². The number of hydrogen-bond donors (Lipinski definition) is 3. The quantitative estimate of drug-likeness (QED) is 0.317. The fraction of sp³-hybridized carbons (Fsp3) is 0.414. The maximum atomic E-state index is 13.5. The van der Waals surface area contributed by atoms with E-state index in [0.29, 0.717) is 35.4 Å². The molecule has 0 bridgehead atoms. The van der Waals surface area contributed by atoms with Crippen molar-refractivity contribution >= 4 is 27.3 Å². The molecular weight excluding hydrogens is 560 g/mol. The van der Waals surface area contributed by atoms with Crippen molar-refractivity contribution in [3.8, 4) is 23.1 Å². The Balaban J connectivity index is 1.61. The second-order valence-corrected chi connectivity index (χ2v) is 12.7. The molecule has 1 aliphatic heterocycles. The lowest BCUT2D eigenvalue weighted by Crippen LogP contribution is -2.43. The molecule has 1 aromatic heterocycles. The number of amides is 1. The first-order valence-corrected chi connectivity index (χ1v) is 15.4. The van der Waals surface area contributed by atoms with E-state index in [1.807, 2.05) is 20.8 Å². The summed E-state index contributed by atoms with van der Waals surface area (Å²) in [5.74, 6) is 1.39. The Bertz CT molecular complexity index is 1530. The van der Waals surface area contributed by atoms with Crippen LogP contribution >= 0.6 is 0 Å². The van der Waals surface area contributed by atoms with Crippen LogP contribution in [-0.4, -0.2) is 75.8 Å². The Hall–Kier alpha value is -3.94. The van der Waals surface area contributed by atoms with Crippen molar-refractivity contribution < 1.29 is 27.4 Å². The Morgan fingerprint density at radius 1 is 1.02 bits per heavy atom. The van der Waals surface area contributed by atoms with Crippen molar-refractivity contribution in [3.63, 3.8) is 0 Å². The van der Waals surface area contributed by atoms with Crippen LogP contribution in [0.4, 0.5) is 11.4 Å². The largest absolute Gasteiger partial charge is 0.493 e. The smallest absolute Gasteiger partial charge is 0.255 e. The van der Waals surface area contributed by atoms with E-state index in [9.17, 15) is 13.2 Å². The zero-order valence-electron chi connectivity index (χ0n) is 24.8. The predicted molar refractivity (Wildman–Crippen MR) is 161 cm³/mol. The second-order valence-electron chi connectivity index (χ2n) is 11.0. The van der Waals surface area contributed by atoms with Crippen LogP contribution in [0.3, 0.4) is 0 Å². The van der Waals surface area contributed by atoms with Gasteiger partial charge in [-0.3, -0.25) is 14.4 Å². The molecule has 0 radical (unpaired) electrons. The fourth-order valence-corrected chi connectivity index (χ4v) is 4.99. The standard InChI is InChI=1S/C29H38N6O6S/c1-29(2,3)20-16-21(27(40-5)22(17-20)34-42(6,37)38)32-28(36)19-7-8-23(39-4)24(15-19)41-26-9-10-31-25(33-26)18-35-13-11-30-12-14-35/h7-10,15-17,30,34H,11-14,18H2,1-6H3,(H,32,36). The summed E-state index contributed by atoms with van der Waals surface area (Å²) in [5.41, 5.74) is 1.27. The van der Waals surface area contributed by atoms with Gasteiger partial charge in [-0.2, -0.15) is 4.98 Å². The lowest BCUT2D eigenvalue weighted by Gasteiger charge is -2.26. The van der Waals surface area contributed by atoms with E-state index < -0.39 is 15.9 Å². The van der Waals surface area contributed by atoms with Crippen LogP contribution in [0.5, 0.6) is 23.1 Å². The van der Waals surface area contributed by atoms with Crippen molar-refractivity contribution in [2.45, 2.75) is 32.7 Å². The minimum atomic E-state index is -3.61. The molecule has 0 unspecified atom stereocenters. The van der Waals surface area contributed by atoms with Gasteiger partial charge in [-0.1, -0.05) is 20.8 Å². The van der Waals surface area contributed by atoms with E-state index in [-0.39, 0.29) is 22.4 Å². The van der Waals surface area contributed by atoms with Crippen molar-refractivity contribution in [2.75, 3.05) is 56.7 Å². The van der Waals surface area contributed by atoms with Crippen LogP contribution in [0.15, 0.2) is 42.6 Å². The van der Waals surface area contributed by atoms with E-state index in [0.717, 1.165) is 38.0 Å². The topological polar surface area (TPSA) is 144 Å². The molecule has 0 spiro atoms. The van der Waals surface area contributed by atoms with E-state index in [1.54, 1.807) is 42.6 Å². The average Bonchev–Trinajstić information content (AvgIpc) is 2.92. The highest BCUT2D eigenvalue weighted by Gasteiger charge is 2.23. The van der Waals surface area contributed by atoms with Crippen LogP contribution in [0.1, 0.15) is 42.5 Å². The maximum Gasteiger partial charge on any atom is 0.255 e. The zero-order valence-corrected chi connectivity index (χ0v) is 25.6. The number of anilines is 2. The maximum absolute atomic E-state index is 13.5. The normalized spacial score (nSPS) is 14.2. The number of carbonyl (C=O) groups is 1. The van der Waals surface area contributed by atoms with Crippen LogP contribution in [-0.2, 0) is 22.0 Å². The highest BCUT2D eigenvalue weighted by Crippen LogP contribution is 2.39. The first-order chi connectivity index (χ1) is 19.9. The third-order valence-corrected chi connectivity index (χ3v) is 7.19. The molecule has 4 rings (SSSR count). The van der Waals surface area contributed by atoms with Gasteiger partial charge >= 0.3 is 0 Å². The van der Waals surface area contributed by atoms with Gasteiger partial charge in [0, 0.05) is 44.0 Å². The number of nitrogens with zero attached hydrogens (tertiary/aromatic N) is 3. The molecule has 2 aromatic carbocycles. The predicted octanol–water partition coefficient (Wildman–Crippen LogP) is 3.61. The Morgan fingerprint density at radius 2 is 1.74 bits per heavy atom. The summed E-state index contributed by atoms with van der Waals surface area (Å²) >= 11 is 0. The summed E-state index contributed by atoms with van der Waals surface area (Å²) in [6, 6.07) is 9.91. The van der Waals surface area contributed by atoms with E-state index in [4.69, 9.17) is 14.2 Å². The molecule has 0 atom stereocenters. The minimum Gasteiger partial charge on any atom is -0.493 e. The van der Waals surface area contributed by atoms with Crippen LogP contribution in [0.2, 0.25) is 0 Å². The molecule has 1 aliphatic rings. The highest BCUT2D eigenvalue weighted by molar-refractivity contribution is 7.92. The Kier molecular flexibility index (Phi) is 9.54. The summed E-state index contributed by atoms with van der Waals surface area (Å²) in [7, 11) is -0.693. The monoisotopic (exact) mass is 598 g/mol. The molecular formula is C29H38N6O6S. The number of ether oxygens (including phenoxy) is 3. The molecule has 3 N–H and O–H groups in total. The number of benzene rings is 2. The number of aromatic nitrogens is 2. The summed E-state index contributed by atoms with van der Waals surface area (Å²) in [5, 5.41) is 6.19. The first-order valence-electron chi connectivity index (χ1n) is 13.5. The number of carbonyl (C=O) groups excluding carboxylic acids is 1. The van der Waals surface area contributed by atoms with Crippen LogP contribution in [0, 0.1) is 0 Å². The summed E-state index contributed by atoms with van der Waals surface area (Å²) in [6.07, 6.45) is 2.69. The van der Waals surface area contributed by atoms with Gasteiger partial charge in [0.05, 0.1) is 38.4 Å². The van der Waals surface area contributed by atoms with Gasteiger partial charge < -0.3 is 24.8 Å². The van der Waals surface area contributed by atoms with Gasteiger partial charge in [0.15, 0.2) is 17.2 Å². The number of sulfonamides is 1. The summed E-state index contributed by atoms with van der Waals surface area (Å²) in [4.78, 5) is 24.7. The molecule has 12 nitrogen and oxygen atoms in total. The number of nitrogens with one attached hydrogen (secondary N) is 3. The van der Waals surface area contributed by atoms with Crippen molar-refractivity contribution in [2.24, 2.45) is 0 Å². The molecule has 3 aromatic rings. The third-order valence-electron chi connectivity index (χ3n) is 6.60. The van der Waals surface area contributed by atoms with Gasteiger partial charge in [-0.25, -0.2) is 13.4 Å². The molecule has 13 heteroatoms. The molecule has 1 amide bonds. The number of rotatable bonds is 10. The molecule has 2 heterocycles. The summed E-state index contributed by atoms with van der Waals surface area (Å²) in [6.45, 7) is 10.2. The number of hydrogen-bond acceptors (Lipinski definition) is 10. The van der Waals surface area contributed by atoms with Gasteiger partial charge in [0.1, 0.15) is 5.82 Å². The fourth-order valence-electron chi connectivity index (χ4n) is 4.44. The van der Waals surface area contributed by atoms with E-state index in [2.05, 4.69) is 30.2 Å². The summed E-state index contributed by atoms with van der Waals surface area (Å²) < 4.78 is 43.7. The number of piperazine rings is 1. The Morgan fingerprint density at radius 3 is 2.38 bits per heavy atom. The lowest BCUT2D eigenvalue weighted by atomic mass is 9.86. The first kappa shape index (κ1) is 31.0. The molecule has 0 saturated carbocycles. The molecule has 226 valence electrons. The second kappa shape index (κ2) is 12.9. The van der Waals surface area contributed by atoms with Crippen molar-refractivity contribution in [1.82, 2.24) is 20.2 Å². The molecule has 1 fully saturated rings. The average molecular weight is 599 g/mol.